The Hall–Kier alpha value is -1.16. The Kier molecular flexibility index (Phi) is 2.37. The van der Waals surface area contributed by atoms with Crippen molar-refractivity contribution in [3.8, 4) is 5.75 Å². The van der Waals surface area contributed by atoms with Gasteiger partial charge in [0.05, 0.1) is 0 Å². The van der Waals surface area contributed by atoms with Crippen LogP contribution >= 0.6 is 0 Å². The number of halogens is 2. The summed E-state index contributed by atoms with van der Waals surface area (Å²) in [6.45, 7) is 0.826. The average molecular weight is 199 g/mol. The van der Waals surface area contributed by atoms with Gasteiger partial charge in [0.1, 0.15) is 0 Å². The van der Waals surface area contributed by atoms with Gasteiger partial charge in [0.15, 0.2) is 11.6 Å². The van der Waals surface area contributed by atoms with Crippen molar-refractivity contribution >= 4 is 0 Å². The molecule has 1 aromatic rings. The van der Waals surface area contributed by atoms with Crippen LogP contribution < -0.4 is 5.32 Å². The quantitative estimate of drug-likeness (QED) is 0.725. The van der Waals surface area contributed by atoms with Crippen molar-refractivity contribution in [1.29, 1.82) is 0 Å². The molecule has 1 heterocycles. The molecule has 1 aliphatic heterocycles. The standard InChI is InChI=1S/C10H11F2NO/c11-9-6(7-2-1-5-13-7)3-4-8(14)10(9)12/h3-4,7,13-14H,1-2,5H2/t7-/m0/s1. The fourth-order valence-corrected chi connectivity index (χ4v) is 1.77. The van der Waals surface area contributed by atoms with Crippen LogP contribution in [0.5, 0.6) is 5.75 Å². The van der Waals surface area contributed by atoms with Crippen LogP contribution in [0.15, 0.2) is 12.1 Å². The lowest BCUT2D eigenvalue weighted by molar-refractivity contribution is 0.400. The van der Waals surface area contributed by atoms with Crippen molar-refractivity contribution in [2.24, 2.45) is 0 Å². The van der Waals surface area contributed by atoms with E-state index in [9.17, 15) is 8.78 Å². The zero-order valence-electron chi connectivity index (χ0n) is 7.56. The van der Waals surface area contributed by atoms with Gasteiger partial charge in [-0.3, -0.25) is 0 Å². The Balaban J connectivity index is 2.38. The van der Waals surface area contributed by atoms with Gasteiger partial charge in [-0.2, -0.15) is 4.39 Å². The minimum Gasteiger partial charge on any atom is -0.505 e. The van der Waals surface area contributed by atoms with Gasteiger partial charge in [-0.05, 0) is 25.5 Å². The van der Waals surface area contributed by atoms with E-state index in [1.807, 2.05) is 0 Å². The van der Waals surface area contributed by atoms with Crippen LogP contribution in [0.25, 0.3) is 0 Å². The summed E-state index contributed by atoms with van der Waals surface area (Å²) in [6.07, 6.45) is 1.77. The van der Waals surface area contributed by atoms with Gasteiger partial charge < -0.3 is 10.4 Å². The van der Waals surface area contributed by atoms with Crippen molar-refractivity contribution in [2.75, 3.05) is 6.54 Å². The van der Waals surface area contributed by atoms with Gasteiger partial charge in [-0.1, -0.05) is 6.07 Å². The van der Waals surface area contributed by atoms with E-state index in [1.54, 1.807) is 0 Å². The molecule has 14 heavy (non-hydrogen) atoms. The Morgan fingerprint density at radius 3 is 2.71 bits per heavy atom. The first-order chi connectivity index (χ1) is 6.70. The summed E-state index contributed by atoms with van der Waals surface area (Å²) in [5.74, 6) is -2.73. The third kappa shape index (κ3) is 1.46. The van der Waals surface area contributed by atoms with E-state index in [-0.39, 0.29) is 6.04 Å². The zero-order valence-corrected chi connectivity index (χ0v) is 7.56. The van der Waals surface area contributed by atoms with Gasteiger partial charge in [-0.25, -0.2) is 4.39 Å². The molecule has 0 aromatic heterocycles. The molecule has 0 saturated carbocycles. The van der Waals surface area contributed by atoms with Crippen LogP contribution in [-0.2, 0) is 0 Å². The molecule has 0 amide bonds. The molecule has 1 saturated heterocycles. The van der Waals surface area contributed by atoms with Crippen molar-refractivity contribution in [2.45, 2.75) is 18.9 Å². The lowest BCUT2D eigenvalue weighted by Gasteiger charge is -2.12. The first-order valence-electron chi connectivity index (χ1n) is 4.60. The van der Waals surface area contributed by atoms with E-state index in [1.165, 1.54) is 12.1 Å². The first kappa shape index (κ1) is 9.40. The van der Waals surface area contributed by atoms with Crippen LogP contribution in [-0.4, -0.2) is 11.7 Å². The predicted molar refractivity (Wildman–Crippen MR) is 48.0 cm³/mol. The summed E-state index contributed by atoms with van der Waals surface area (Å²) in [5.41, 5.74) is 0.304. The maximum absolute atomic E-state index is 13.3. The van der Waals surface area contributed by atoms with E-state index in [0.717, 1.165) is 19.4 Å². The number of nitrogens with one attached hydrogen (secondary N) is 1. The number of phenolic OH excluding ortho intramolecular Hbond substituents is 1. The van der Waals surface area contributed by atoms with E-state index >= 15 is 0 Å². The molecule has 0 radical (unpaired) electrons. The largest absolute Gasteiger partial charge is 0.505 e. The number of benzene rings is 1. The molecule has 1 atom stereocenters. The molecular formula is C10H11F2NO. The third-order valence-electron chi connectivity index (χ3n) is 2.53. The summed E-state index contributed by atoms with van der Waals surface area (Å²) in [4.78, 5) is 0. The van der Waals surface area contributed by atoms with Crippen molar-refractivity contribution in [1.82, 2.24) is 5.32 Å². The Labute approximate surface area is 80.6 Å². The molecule has 2 N–H and O–H groups in total. The van der Waals surface area contributed by atoms with Gasteiger partial charge >= 0.3 is 0 Å². The predicted octanol–water partition coefficient (Wildman–Crippen LogP) is 2.09. The molecule has 0 bridgehead atoms. The zero-order chi connectivity index (χ0) is 10.1. The fraction of sp³-hybridized carbons (Fsp3) is 0.400. The molecular weight excluding hydrogens is 188 g/mol. The second kappa shape index (κ2) is 3.53. The fourth-order valence-electron chi connectivity index (χ4n) is 1.77. The number of hydrogen-bond acceptors (Lipinski definition) is 2. The maximum Gasteiger partial charge on any atom is 0.200 e. The molecule has 0 unspecified atom stereocenters. The number of phenols is 1. The molecule has 1 fully saturated rings. The molecule has 2 nitrogen and oxygen atoms in total. The summed E-state index contributed by atoms with van der Waals surface area (Å²) in [5, 5.41) is 12.0. The van der Waals surface area contributed by atoms with Crippen molar-refractivity contribution in [3.05, 3.63) is 29.3 Å². The average Bonchev–Trinajstić information content (AvgIpc) is 2.67. The summed E-state index contributed by atoms with van der Waals surface area (Å²) in [7, 11) is 0. The number of aromatic hydroxyl groups is 1. The monoisotopic (exact) mass is 199 g/mol. The highest BCUT2D eigenvalue weighted by molar-refractivity contribution is 5.32. The molecule has 1 aromatic carbocycles. The number of hydrogen-bond donors (Lipinski definition) is 2. The Morgan fingerprint density at radius 1 is 1.29 bits per heavy atom. The third-order valence-corrected chi connectivity index (χ3v) is 2.53. The highest BCUT2D eigenvalue weighted by atomic mass is 19.2. The SMILES string of the molecule is Oc1ccc([C@@H]2CCCN2)c(F)c1F. The molecule has 4 heteroatoms. The smallest absolute Gasteiger partial charge is 0.200 e. The van der Waals surface area contributed by atoms with Gasteiger partial charge in [0, 0.05) is 11.6 Å². The van der Waals surface area contributed by atoms with Crippen LogP contribution in [0.4, 0.5) is 8.78 Å². The first-order valence-corrected chi connectivity index (χ1v) is 4.60. The summed E-state index contributed by atoms with van der Waals surface area (Å²) in [6, 6.07) is 2.50. The maximum atomic E-state index is 13.3. The molecule has 0 aliphatic carbocycles. The lowest BCUT2D eigenvalue weighted by atomic mass is 10.0. The van der Waals surface area contributed by atoms with Crippen LogP contribution in [0.3, 0.4) is 0 Å². The highest BCUT2D eigenvalue weighted by Crippen LogP contribution is 2.29. The minimum atomic E-state index is -1.16. The van der Waals surface area contributed by atoms with Crippen LogP contribution in [0.1, 0.15) is 24.4 Å². The molecule has 76 valence electrons. The van der Waals surface area contributed by atoms with E-state index in [2.05, 4.69) is 5.32 Å². The van der Waals surface area contributed by atoms with Gasteiger partial charge in [0.2, 0.25) is 5.82 Å². The second-order valence-corrected chi connectivity index (χ2v) is 3.45. The molecule has 1 aliphatic rings. The van der Waals surface area contributed by atoms with Gasteiger partial charge in [-0.15, -0.1) is 0 Å². The summed E-state index contributed by atoms with van der Waals surface area (Å²) >= 11 is 0. The number of rotatable bonds is 1. The van der Waals surface area contributed by atoms with Crippen LogP contribution in [0, 0.1) is 11.6 Å². The van der Waals surface area contributed by atoms with Crippen molar-refractivity contribution in [3.63, 3.8) is 0 Å². The normalized spacial score (nSPS) is 21.4. The van der Waals surface area contributed by atoms with E-state index in [4.69, 9.17) is 5.11 Å². The molecule has 0 spiro atoms. The van der Waals surface area contributed by atoms with Gasteiger partial charge in [0.25, 0.3) is 0 Å². The molecule has 2 rings (SSSR count). The van der Waals surface area contributed by atoms with Crippen molar-refractivity contribution < 1.29 is 13.9 Å². The Morgan fingerprint density at radius 2 is 2.07 bits per heavy atom. The van der Waals surface area contributed by atoms with E-state index in [0.29, 0.717) is 5.56 Å². The van der Waals surface area contributed by atoms with Crippen LogP contribution in [0.2, 0.25) is 0 Å². The lowest BCUT2D eigenvalue weighted by Crippen LogP contribution is -2.14. The second-order valence-electron chi connectivity index (χ2n) is 3.45. The topological polar surface area (TPSA) is 32.3 Å². The van der Waals surface area contributed by atoms with E-state index < -0.39 is 17.4 Å². The summed E-state index contributed by atoms with van der Waals surface area (Å²) < 4.78 is 26.3. The minimum absolute atomic E-state index is 0.120. The Bertz CT molecular complexity index is 348. The highest BCUT2D eigenvalue weighted by Gasteiger charge is 2.22.